The summed E-state index contributed by atoms with van der Waals surface area (Å²) in [6, 6.07) is 4.75. The maximum atomic E-state index is 12.1. The smallest absolute Gasteiger partial charge is 0.325 e. The van der Waals surface area contributed by atoms with Crippen LogP contribution >= 0.6 is 35.0 Å². The van der Waals surface area contributed by atoms with Gasteiger partial charge in [0.25, 0.3) is 0 Å². The Morgan fingerprint density at radius 3 is 2.52 bits per heavy atom. The van der Waals surface area contributed by atoms with Crippen molar-refractivity contribution in [1.82, 2.24) is 5.27 Å². The number of hydrogen-bond acceptors (Lipinski definition) is 4. The molecule has 0 aliphatic rings. The van der Waals surface area contributed by atoms with Crippen LogP contribution in [0, 0.1) is 0 Å². The Hall–Kier alpha value is -1.44. The highest BCUT2D eigenvalue weighted by molar-refractivity contribution is 8.00. The van der Waals surface area contributed by atoms with Gasteiger partial charge in [-0.1, -0.05) is 27.9 Å². The van der Waals surface area contributed by atoms with E-state index in [0.29, 0.717) is 20.8 Å². The molecule has 9 heteroatoms. The first kappa shape index (κ1) is 15.9. The average Bonchev–Trinajstić information content (AvgIpc) is 2.69. The number of H-pyrrole nitrogens is 1. The average molecular weight is 349 g/mol. The van der Waals surface area contributed by atoms with E-state index in [4.69, 9.17) is 23.2 Å². The van der Waals surface area contributed by atoms with Gasteiger partial charge in [-0.3, -0.25) is 9.32 Å². The first-order chi connectivity index (χ1) is 9.86. The Labute approximate surface area is 134 Å². The van der Waals surface area contributed by atoms with Crippen molar-refractivity contribution in [2.45, 2.75) is 17.2 Å². The first-order valence-corrected chi connectivity index (χ1v) is 7.51. The Bertz CT molecular complexity index is 709. The highest BCUT2D eigenvalue weighted by Crippen LogP contribution is 2.24. The number of aryl methyl sites for hydroxylation is 1. The van der Waals surface area contributed by atoms with Gasteiger partial charge in [0.2, 0.25) is 5.91 Å². The molecule has 1 amide bonds. The van der Waals surface area contributed by atoms with Crippen LogP contribution < -0.4 is 15.6 Å². The predicted molar refractivity (Wildman–Crippen MR) is 80.9 cm³/mol. The van der Waals surface area contributed by atoms with Gasteiger partial charge in [0.1, 0.15) is 0 Å². The fraction of sp³-hybridized carbons (Fsp3) is 0.250. The quantitative estimate of drug-likeness (QED) is 0.655. The van der Waals surface area contributed by atoms with Gasteiger partial charge in [0, 0.05) is 15.7 Å². The van der Waals surface area contributed by atoms with E-state index in [0.717, 1.165) is 11.8 Å². The Morgan fingerprint density at radius 2 is 2.00 bits per heavy atom. The Morgan fingerprint density at radius 1 is 1.38 bits per heavy atom. The molecular formula is C12H12Cl2N3O3S+. The van der Waals surface area contributed by atoms with Gasteiger partial charge in [-0.2, -0.15) is 0 Å². The van der Waals surface area contributed by atoms with Gasteiger partial charge in [0.15, 0.2) is 7.05 Å². The van der Waals surface area contributed by atoms with Crippen LogP contribution in [0.1, 0.15) is 6.92 Å². The third kappa shape index (κ3) is 4.03. The lowest BCUT2D eigenvalue weighted by Gasteiger charge is -2.10. The van der Waals surface area contributed by atoms with Gasteiger partial charge in [-0.15, -0.1) is 0 Å². The van der Waals surface area contributed by atoms with Crippen molar-refractivity contribution >= 4 is 46.6 Å². The summed E-state index contributed by atoms with van der Waals surface area (Å²) in [6.45, 7) is 1.68. The van der Waals surface area contributed by atoms with Crippen LogP contribution in [0.5, 0.6) is 0 Å². The van der Waals surface area contributed by atoms with Crippen LogP contribution in [0.15, 0.2) is 32.5 Å². The van der Waals surface area contributed by atoms with E-state index < -0.39 is 10.9 Å². The number of hydrogen-bond donors (Lipinski definition) is 2. The predicted octanol–water partition coefficient (Wildman–Crippen LogP) is 2.22. The molecular weight excluding hydrogens is 337 g/mol. The summed E-state index contributed by atoms with van der Waals surface area (Å²) >= 11 is 12.8. The van der Waals surface area contributed by atoms with Crippen LogP contribution in [-0.2, 0) is 11.8 Å². The lowest BCUT2D eigenvalue weighted by molar-refractivity contribution is -0.772. The highest BCUT2D eigenvalue weighted by Gasteiger charge is 2.25. The number of benzene rings is 1. The molecule has 0 bridgehead atoms. The van der Waals surface area contributed by atoms with Gasteiger partial charge in [0.05, 0.1) is 5.25 Å². The number of aromatic nitrogens is 2. The number of carbonyl (C=O) groups is 1. The third-order valence-electron chi connectivity index (χ3n) is 2.54. The van der Waals surface area contributed by atoms with Crippen LogP contribution in [-0.4, -0.2) is 16.4 Å². The van der Waals surface area contributed by atoms with E-state index in [9.17, 15) is 9.59 Å². The normalized spacial score (nSPS) is 12.2. The monoisotopic (exact) mass is 348 g/mol. The van der Waals surface area contributed by atoms with E-state index >= 15 is 0 Å². The van der Waals surface area contributed by atoms with E-state index in [1.54, 1.807) is 32.2 Å². The third-order valence-corrected chi connectivity index (χ3v) is 4.21. The number of aromatic amines is 1. The SMILES string of the molecule is CC(Sc1c(=O)o[nH][n+]1C)C(=O)Nc1cc(Cl)cc(Cl)c1. The molecule has 0 radical (unpaired) electrons. The number of rotatable bonds is 4. The summed E-state index contributed by atoms with van der Waals surface area (Å²) in [5, 5.41) is 5.74. The maximum Gasteiger partial charge on any atom is 0.441 e. The highest BCUT2D eigenvalue weighted by atomic mass is 35.5. The number of nitrogens with zero attached hydrogens (tertiary/aromatic N) is 1. The maximum absolute atomic E-state index is 12.1. The zero-order valence-electron chi connectivity index (χ0n) is 11.1. The molecule has 21 heavy (non-hydrogen) atoms. The van der Waals surface area contributed by atoms with Gasteiger partial charge in [-0.25, -0.2) is 4.79 Å². The van der Waals surface area contributed by atoms with Crippen LogP contribution in [0.4, 0.5) is 5.69 Å². The lowest BCUT2D eigenvalue weighted by atomic mass is 10.3. The topological polar surface area (TPSA) is 79.0 Å². The molecule has 1 unspecified atom stereocenters. The molecule has 0 aliphatic carbocycles. The van der Waals surface area contributed by atoms with E-state index in [-0.39, 0.29) is 5.91 Å². The Kier molecular flexibility index (Phi) is 4.97. The molecule has 0 saturated carbocycles. The minimum Gasteiger partial charge on any atom is -0.325 e. The van der Waals surface area contributed by atoms with Gasteiger partial charge >= 0.3 is 10.7 Å². The number of nitrogens with one attached hydrogen (secondary N) is 2. The van der Waals surface area contributed by atoms with Crippen molar-refractivity contribution in [3.05, 3.63) is 38.7 Å². The molecule has 6 nitrogen and oxygen atoms in total. The molecule has 2 N–H and O–H groups in total. The second kappa shape index (κ2) is 6.55. The zero-order chi connectivity index (χ0) is 15.6. The second-order valence-corrected chi connectivity index (χ2v) is 6.45. The van der Waals surface area contributed by atoms with Crippen molar-refractivity contribution in [3.63, 3.8) is 0 Å². The molecule has 112 valence electrons. The fourth-order valence-corrected chi connectivity index (χ4v) is 2.91. The first-order valence-electron chi connectivity index (χ1n) is 5.88. The number of amides is 1. The minimum absolute atomic E-state index is 0.279. The summed E-state index contributed by atoms with van der Waals surface area (Å²) in [5.41, 5.74) is -0.0246. The van der Waals surface area contributed by atoms with Crippen LogP contribution in [0.3, 0.4) is 0 Å². The molecule has 0 saturated heterocycles. The number of thioether (sulfide) groups is 1. The van der Waals surface area contributed by atoms with Gasteiger partial charge < -0.3 is 5.32 Å². The second-order valence-electron chi connectivity index (χ2n) is 4.25. The number of anilines is 1. The van der Waals surface area contributed by atoms with Crippen molar-refractivity contribution in [2.75, 3.05) is 5.32 Å². The summed E-state index contributed by atoms with van der Waals surface area (Å²) in [6.07, 6.45) is 0. The van der Waals surface area contributed by atoms with Crippen molar-refractivity contribution in [3.8, 4) is 0 Å². The zero-order valence-corrected chi connectivity index (χ0v) is 13.5. The largest absolute Gasteiger partial charge is 0.441 e. The minimum atomic E-state index is -0.520. The molecule has 1 aromatic heterocycles. The standard InChI is InChI=1S/C12H11Cl2N3O3S/c1-6(21-11-12(19)20-16-17(11)2)10(18)15-9-4-7(13)3-8(14)5-9/h3-6H,1-2H3,(H-,15,16,18,19)/p+1. The summed E-state index contributed by atoms with van der Waals surface area (Å²) in [4.78, 5) is 23.6. The molecule has 2 aromatic rings. The van der Waals surface area contributed by atoms with Crippen molar-refractivity contribution in [1.29, 1.82) is 0 Å². The molecule has 1 atom stereocenters. The van der Waals surface area contributed by atoms with Gasteiger partial charge in [-0.05, 0) is 42.2 Å². The van der Waals surface area contributed by atoms with E-state index in [2.05, 4.69) is 15.1 Å². The van der Waals surface area contributed by atoms with Crippen molar-refractivity contribution < 1.29 is 14.0 Å². The Balaban J connectivity index is 2.08. The number of halogens is 2. The molecule has 0 spiro atoms. The summed E-state index contributed by atoms with van der Waals surface area (Å²) in [5.74, 6) is -0.279. The van der Waals surface area contributed by atoms with Crippen LogP contribution in [0.2, 0.25) is 10.0 Å². The lowest BCUT2D eigenvalue weighted by Crippen LogP contribution is -2.35. The molecule has 1 heterocycles. The molecule has 2 rings (SSSR count). The molecule has 0 aliphatic heterocycles. The number of carbonyl (C=O) groups excluding carboxylic acids is 1. The summed E-state index contributed by atoms with van der Waals surface area (Å²) in [7, 11) is 1.62. The van der Waals surface area contributed by atoms with Crippen molar-refractivity contribution in [2.24, 2.45) is 7.05 Å². The molecule has 1 aromatic carbocycles. The van der Waals surface area contributed by atoms with E-state index in [1.165, 1.54) is 4.68 Å². The van der Waals surface area contributed by atoms with Crippen LogP contribution in [0.25, 0.3) is 0 Å². The summed E-state index contributed by atoms with van der Waals surface area (Å²) < 4.78 is 6.03. The molecule has 0 fully saturated rings. The van der Waals surface area contributed by atoms with E-state index in [1.807, 2.05) is 0 Å². The fourth-order valence-electron chi connectivity index (χ4n) is 1.55.